The van der Waals surface area contributed by atoms with Gasteiger partial charge >= 0.3 is 0 Å². The first-order chi connectivity index (χ1) is 9.47. The minimum Gasteiger partial charge on any atom is -0.385 e. The van der Waals surface area contributed by atoms with E-state index in [-0.39, 0.29) is 0 Å². The first kappa shape index (κ1) is 16.3. The molecule has 1 N–H and O–H groups in total. The Morgan fingerprint density at radius 1 is 1.30 bits per heavy atom. The molecule has 1 saturated carbocycles. The molecule has 0 radical (unpaired) electrons. The van der Waals surface area contributed by atoms with Gasteiger partial charge in [-0.1, -0.05) is 13.8 Å². The summed E-state index contributed by atoms with van der Waals surface area (Å²) in [7, 11) is 1.81. The highest BCUT2D eigenvalue weighted by molar-refractivity contribution is 5.06. The summed E-state index contributed by atoms with van der Waals surface area (Å²) in [6.45, 7) is 12.8. The molecule has 118 valence electrons. The van der Waals surface area contributed by atoms with Crippen molar-refractivity contribution >= 4 is 0 Å². The van der Waals surface area contributed by atoms with Crippen molar-refractivity contribution in [1.29, 1.82) is 0 Å². The Balaban J connectivity index is 2.02. The number of hydrogen-bond acceptors (Lipinski definition) is 3. The van der Waals surface area contributed by atoms with Gasteiger partial charge < -0.3 is 10.1 Å². The van der Waals surface area contributed by atoms with Gasteiger partial charge in [0.25, 0.3) is 0 Å². The van der Waals surface area contributed by atoms with Crippen molar-refractivity contribution in [1.82, 2.24) is 10.2 Å². The van der Waals surface area contributed by atoms with E-state index in [9.17, 15) is 0 Å². The number of methoxy groups -OCH3 is 1. The fraction of sp³-hybridized carbons (Fsp3) is 1.00. The Hall–Kier alpha value is -0.120. The van der Waals surface area contributed by atoms with Gasteiger partial charge in [0.15, 0.2) is 0 Å². The monoisotopic (exact) mass is 282 g/mol. The number of piperazine rings is 1. The van der Waals surface area contributed by atoms with Crippen molar-refractivity contribution < 1.29 is 4.74 Å². The van der Waals surface area contributed by atoms with Crippen molar-refractivity contribution in [3.8, 4) is 0 Å². The second-order valence-corrected chi connectivity index (χ2v) is 7.62. The molecule has 0 spiro atoms. The first-order valence-electron chi connectivity index (χ1n) is 8.46. The van der Waals surface area contributed by atoms with E-state index in [0.29, 0.717) is 17.6 Å². The summed E-state index contributed by atoms with van der Waals surface area (Å²) in [6.07, 6.45) is 5.27. The highest BCUT2D eigenvalue weighted by Gasteiger charge is 2.49. The fourth-order valence-electron chi connectivity index (χ4n) is 3.90. The number of rotatable bonds is 7. The highest BCUT2D eigenvalue weighted by atomic mass is 16.5. The lowest BCUT2D eigenvalue weighted by Crippen LogP contribution is -2.66. The number of nitrogens with one attached hydrogen (secondary N) is 1. The minimum absolute atomic E-state index is 0.362. The van der Waals surface area contributed by atoms with Crippen molar-refractivity contribution in [2.45, 2.75) is 71.0 Å². The molecule has 1 aliphatic carbocycles. The van der Waals surface area contributed by atoms with Gasteiger partial charge in [0.1, 0.15) is 0 Å². The smallest absolute Gasteiger partial charge is 0.0477 e. The lowest BCUT2D eigenvalue weighted by atomic mass is 9.86. The Morgan fingerprint density at radius 2 is 2.00 bits per heavy atom. The lowest BCUT2D eigenvalue weighted by Gasteiger charge is -2.52. The summed E-state index contributed by atoms with van der Waals surface area (Å²) in [5.41, 5.74) is 0.362. The number of hydrogen-bond donors (Lipinski definition) is 1. The van der Waals surface area contributed by atoms with Crippen LogP contribution in [-0.4, -0.2) is 49.3 Å². The fourth-order valence-corrected chi connectivity index (χ4v) is 3.90. The Bertz CT molecular complexity index is 303. The van der Waals surface area contributed by atoms with E-state index >= 15 is 0 Å². The predicted octanol–water partition coefficient (Wildman–Crippen LogP) is 2.90. The second-order valence-electron chi connectivity index (χ2n) is 7.62. The normalized spacial score (nSPS) is 33.6. The zero-order chi connectivity index (χ0) is 14.8. The van der Waals surface area contributed by atoms with Gasteiger partial charge in [0.2, 0.25) is 0 Å². The van der Waals surface area contributed by atoms with Crippen LogP contribution in [0.3, 0.4) is 0 Å². The molecular weight excluding hydrogens is 248 g/mol. The molecule has 0 aromatic carbocycles. The van der Waals surface area contributed by atoms with Gasteiger partial charge in [-0.25, -0.2) is 0 Å². The molecule has 0 amide bonds. The highest BCUT2D eigenvalue weighted by Crippen LogP contribution is 2.45. The van der Waals surface area contributed by atoms with E-state index in [2.05, 4.69) is 37.9 Å². The van der Waals surface area contributed by atoms with Gasteiger partial charge in [-0.2, -0.15) is 0 Å². The minimum atomic E-state index is 0.362. The third-order valence-electron chi connectivity index (χ3n) is 5.31. The summed E-state index contributed by atoms with van der Waals surface area (Å²) in [6, 6.07) is 1.28. The number of nitrogens with zero attached hydrogens (tertiary/aromatic N) is 1. The molecule has 1 aliphatic heterocycles. The summed E-state index contributed by atoms with van der Waals surface area (Å²) in [5, 5.41) is 3.83. The molecule has 2 aliphatic rings. The van der Waals surface area contributed by atoms with E-state index < -0.39 is 0 Å². The molecule has 0 aromatic rings. The molecule has 0 bridgehead atoms. The van der Waals surface area contributed by atoms with E-state index in [0.717, 1.165) is 31.4 Å². The van der Waals surface area contributed by atoms with Crippen LogP contribution in [0.15, 0.2) is 0 Å². The van der Waals surface area contributed by atoms with Crippen LogP contribution in [0.5, 0.6) is 0 Å². The molecule has 2 fully saturated rings. The SMILES string of the molecule is COCCC(C)N1CC(CC(C)C)NCC1(C)C1CC1. The molecule has 0 aromatic heterocycles. The topological polar surface area (TPSA) is 24.5 Å². The molecule has 3 unspecified atom stereocenters. The zero-order valence-corrected chi connectivity index (χ0v) is 14.1. The van der Waals surface area contributed by atoms with Gasteiger partial charge in [0.05, 0.1) is 0 Å². The third-order valence-corrected chi connectivity index (χ3v) is 5.31. The third kappa shape index (κ3) is 3.75. The number of ether oxygens (including phenoxy) is 1. The van der Waals surface area contributed by atoms with Gasteiger partial charge in [-0.05, 0) is 51.4 Å². The van der Waals surface area contributed by atoms with Crippen LogP contribution in [0, 0.1) is 11.8 Å². The summed E-state index contributed by atoms with van der Waals surface area (Å²) < 4.78 is 5.30. The maximum atomic E-state index is 5.30. The van der Waals surface area contributed by atoms with Crippen LogP contribution >= 0.6 is 0 Å². The molecule has 1 heterocycles. The van der Waals surface area contributed by atoms with E-state index in [1.165, 1.54) is 25.8 Å². The molecule has 2 rings (SSSR count). The van der Waals surface area contributed by atoms with E-state index in [1.54, 1.807) is 0 Å². The standard InChI is InChI=1S/C17H34N2O/c1-13(2)10-16-11-19(14(3)8-9-20-5)17(4,12-18-16)15-6-7-15/h13-16,18H,6-12H2,1-5H3. The van der Waals surface area contributed by atoms with Crippen molar-refractivity contribution in [3.05, 3.63) is 0 Å². The average molecular weight is 282 g/mol. The summed E-state index contributed by atoms with van der Waals surface area (Å²) in [5.74, 6) is 1.67. The largest absolute Gasteiger partial charge is 0.385 e. The molecule has 20 heavy (non-hydrogen) atoms. The summed E-state index contributed by atoms with van der Waals surface area (Å²) in [4.78, 5) is 2.80. The molecular formula is C17H34N2O. The summed E-state index contributed by atoms with van der Waals surface area (Å²) >= 11 is 0. The molecule has 3 heteroatoms. The van der Waals surface area contributed by atoms with E-state index in [1.807, 2.05) is 7.11 Å². The molecule has 1 saturated heterocycles. The van der Waals surface area contributed by atoms with Crippen LogP contribution in [0.1, 0.15) is 53.4 Å². The molecule has 3 atom stereocenters. The van der Waals surface area contributed by atoms with Crippen LogP contribution < -0.4 is 5.32 Å². The quantitative estimate of drug-likeness (QED) is 0.777. The van der Waals surface area contributed by atoms with Crippen LogP contribution in [0.2, 0.25) is 0 Å². The second kappa shape index (κ2) is 6.76. The maximum absolute atomic E-state index is 5.30. The predicted molar refractivity (Wildman–Crippen MR) is 85.0 cm³/mol. The lowest BCUT2D eigenvalue weighted by molar-refractivity contribution is -0.00872. The van der Waals surface area contributed by atoms with E-state index in [4.69, 9.17) is 4.74 Å². The van der Waals surface area contributed by atoms with Gasteiger partial charge in [-0.15, -0.1) is 0 Å². The van der Waals surface area contributed by atoms with Crippen molar-refractivity contribution in [2.75, 3.05) is 26.8 Å². The van der Waals surface area contributed by atoms with Gasteiger partial charge in [0, 0.05) is 44.4 Å². The average Bonchev–Trinajstić information content (AvgIpc) is 3.22. The Kier molecular flexibility index (Phi) is 5.49. The van der Waals surface area contributed by atoms with Crippen molar-refractivity contribution in [2.24, 2.45) is 11.8 Å². The molecule has 3 nitrogen and oxygen atoms in total. The zero-order valence-electron chi connectivity index (χ0n) is 14.1. The Morgan fingerprint density at radius 3 is 2.55 bits per heavy atom. The van der Waals surface area contributed by atoms with Crippen molar-refractivity contribution in [3.63, 3.8) is 0 Å². The van der Waals surface area contributed by atoms with Gasteiger partial charge in [-0.3, -0.25) is 4.90 Å². The Labute approximate surface area is 125 Å². The van der Waals surface area contributed by atoms with Crippen LogP contribution in [0.4, 0.5) is 0 Å². The van der Waals surface area contributed by atoms with Crippen LogP contribution in [0.25, 0.3) is 0 Å². The maximum Gasteiger partial charge on any atom is 0.0477 e. The van der Waals surface area contributed by atoms with Crippen LogP contribution in [-0.2, 0) is 4.74 Å². The first-order valence-corrected chi connectivity index (χ1v) is 8.46.